The van der Waals surface area contributed by atoms with Crippen molar-refractivity contribution in [3.63, 3.8) is 0 Å². The maximum absolute atomic E-state index is 8.76. The summed E-state index contributed by atoms with van der Waals surface area (Å²) >= 11 is 0. The topological polar surface area (TPSA) is 58.9 Å². The van der Waals surface area contributed by atoms with Crippen LogP contribution in [0.3, 0.4) is 0 Å². The van der Waals surface area contributed by atoms with E-state index in [9.17, 15) is 0 Å². The lowest BCUT2D eigenvalue weighted by Gasteiger charge is -2.26. The van der Waals surface area contributed by atoms with Crippen LogP contribution < -0.4 is 9.47 Å². The Bertz CT molecular complexity index is 535. The van der Waals surface area contributed by atoms with E-state index in [1.165, 1.54) is 17.5 Å². The number of hydrogen-bond donors (Lipinski definition) is 2. The van der Waals surface area contributed by atoms with Crippen LogP contribution >= 0.6 is 0 Å². The third kappa shape index (κ3) is 8.94. The first-order valence-electron chi connectivity index (χ1n) is 9.59. The molecule has 2 aromatic rings. The predicted molar refractivity (Wildman–Crippen MR) is 113 cm³/mol. The monoisotopic (exact) mass is 376 g/mol. The summed E-state index contributed by atoms with van der Waals surface area (Å²) in [5, 5.41) is 16.3. The SMILES string of the molecule is CCC.CCO.CCOc1ccc(C(C)(C)c2ccc(OCO)cc2)cc1. The van der Waals surface area contributed by atoms with Gasteiger partial charge in [0, 0.05) is 12.0 Å². The van der Waals surface area contributed by atoms with Gasteiger partial charge in [-0.2, -0.15) is 0 Å². The highest BCUT2D eigenvalue weighted by molar-refractivity contribution is 5.41. The summed E-state index contributed by atoms with van der Waals surface area (Å²) in [6.07, 6.45) is 1.25. The van der Waals surface area contributed by atoms with E-state index in [0.717, 1.165) is 5.75 Å². The van der Waals surface area contributed by atoms with E-state index < -0.39 is 0 Å². The Labute approximate surface area is 164 Å². The van der Waals surface area contributed by atoms with Crippen molar-refractivity contribution < 1.29 is 19.7 Å². The number of benzene rings is 2. The Kier molecular flexibility index (Phi) is 13.0. The summed E-state index contributed by atoms with van der Waals surface area (Å²) in [6.45, 7) is 12.9. The fraction of sp³-hybridized carbons (Fsp3) is 0.478. The largest absolute Gasteiger partial charge is 0.494 e. The van der Waals surface area contributed by atoms with Crippen LogP contribution in [0.1, 0.15) is 59.1 Å². The van der Waals surface area contributed by atoms with Crippen LogP contribution in [0.2, 0.25) is 0 Å². The van der Waals surface area contributed by atoms with Crippen molar-refractivity contribution in [2.75, 3.05) is 20.0 Å². The molecule has 0 aliphatic heterocycles. The molecule has 27 heavy (non-hydrogen) atoms. The minimum atomic E-state index is -0.304. The van der Waals surface area contributed by atoms with Gasteiger partial charge in [0.1, 0.15) is 11.5 Å². The van der Waals surface area contributed by atoms with Crippen molar-refractivity contribution in [2.45, 2.75) is 53.4 Å². The molecule has 0 bridgehead atoms. The van der Waals surface area contributed by atoms with Gasteiger partial charge in [0.25, 0.3) is 0 Å². The number of aliphatic hydroxyl groups is 2. The molecule has 4 heteroatoms. The van der Waals surface area contributed by atoms with Crippen molar-refractivity contribution >= 4 is 0 Å². The van der Waals surface area contributed by atoms with Gasteiger partial charge in [-0.15, -0.1) is 0 Å². The van der Waals surface area contributed by atoms with Crippen molar-refractivity contribution in [1.82, 2.24) is 0 Å². The molecule has 2 rings (SSSR count). The van der Waals surface area contributed by atoms with Crippen LogP contribution in [0.15, 0.2) is 48.5 Å². The lowest BCUT2D eigenvalue weighted by molar-refractivity contribution is 0.0985. The van der Waals surface area contributed by atoms with Gasteiger partial charge in [0.15, 0.2) is 6.79 Å². The van der Waals surface area contributed by atoms with E-state index in [1.54, 1.807) is 6.92 Å². The number of ether oxygens (including phenoxy) is 2. The molecule has 4 nitrogen and oxygen atoms in total. The van der Waals surface area contributed by atoms with Crippen LogP contribution in [-0.2, 0) is 5.41 Å². The zero-order valence-electron chi connectivity index (χ0n) is 17.7. The molecule has 2 N–H and O–H groups in total. The average Bonchev–Trinajstić information content (AvgIpc) is 2.65. The minimum Gasteiger partial charge on any atom is -0.494 e. The summed E-state index contributed by atoms with van der Waals surface area (Å²) < 4.78 is 10.5. The van der Waals surface area contributed by atoms with Crippen molar-refractivity contribution in [2.24, 2.45) is 0 Å². The van der Waals surface area contributed by atoms with Gasteiger partial charge in [-0.1, -0.05) is 58.4 Å². The average molecular weight is 377 g/mol. The molecule has 0 spiro atoms. The molecule has 152 valence electrons. The molecule has 0 heterocycles. The van der Waals surface area contributed by atoms with E-state index in [2.05, 4.69) is 39.8 Å². The summed E-state index contributed by atoms with van der Waals surface area (Å²) in [4.78, 5) is 0. The first-order valence-corrected chi connectivity index (χ1v) is 9.59. The maximum atomic E-state index is 8.76. The molecule has 0 saturated carbocycles. The lowest BCUT2D eigenvalue weighted by atomic mass is 9.78. The Morgan fingerprint density at radius 3 is 1.33 bits per heavy atom. The lowest BCUT2D eigenvalue weighted by Crippen LogP contribution is -2.18. The molecular weight excluding hydrogens is 340 g/mol. The predicted octanol–water partition coefficient (Wildman–Crippen LogP) is 5.15. The molecule has 0 saturated heterocycles. The third-order valence-electron chi connectivity index (χ3n) is 3.69. The Hall–Kier alpha value is -2.04. The van der Waals surface area contributed by atoms with E-state index in [4.69, 9.17) is 19.7 Å². The maximum Gasteiger partial charge on any atom is 0.186 e. The molecule has 0 aromatic heterocycles. The zero-order valence-corrected chi connectivity index (χ0v) is 17.7. The van der Waals surface area contributed by atoms with Crippen LogP contribution in [-0.4, -0.2) is 30.2 Å². The van der Waals surface area contributed by atoms with Gasteiger partial charge in [-0.05, 0) is 49.2 Å². The molecule has 0 aliphatic rings. The van der Waals surface area contributed by atoms with Gasteiger partial charge < -0.3 is 19.7 Å². The molecule has 0 fully saturated rings. The Balaban J connectivity index is 0.000000997. The number of hydrogen-bond acceptors (Lipinski definition) is 4. The van der Waals surface area contributed by atoms with Crippen LogP contribution in [0.25, 0.3) is 0 Å². The normalized spacial score (nSPS) is 10.1. The summed E-state index contributed by atoms with van der Waals surface area (Å²) in [7, 11) is 0. The summed E-state index contributed by atoms with van der Waals surface area (Å²) in [6, 6.07) is 16.0. The third-order valence-corrected chi connectivity index (χ3v) is 3.69. The zero-order chi connectivity index (χ0) is 20.7. The van der Waals surface area contributed by atoms with Gasteiger partial charge in [0.05, 0.1) is 6.61 Å². The second-order valence-electron chi connectivity index (χ2n) is 6.40. The second-order valence-corrected chi connectivity index (χ2v) is 6.40. The summed E-state index contributed by atoms with van der Waals surface area (Å²) in [5.41, 5.74) is 2.31. The van der Waals surface area contributed by atoms with Crippen LogP contribution in [0, 0.1) is 0 Å². The molecule has 0 radical (unpaired) electrons. The van der Waals surface area contributed by atoms with Gasteiger partial charge in [0.2, 0.25) is 0 Å². The molecule has 0 amide bonds. The van der Waals surface area contributed by atoms with Crippen molar-refractivity contribution in [3.05, 3.63) is 59.7 Å². The van der Waals surface area contributed by atoms with Gasteiger partial charge >= 0.3 is 0 Å². The number of aliphatic hydroxyl groups excluding tert-OH is 2. The Morgan fingerprint density at radius 2 is 1.04 bits per heavy atom. The standard InChI is InChI=1S/C18H22O3.C3H8.C2H6O/c1-4-20-16-9-5-14(6-10-16)18(2,3)15-7-11-17(12-8-15)21-13-19;1-3-2;1-2-3/h5-12,19H,4,13H2,1-3H3;3H2,1-2H3;3H,2H2,1H3. The number of rotatable bonds is 6. The molecular formula is C23H36O4. The van der Waals surface area contributed by atoms with Crippen LogP contribution in [0.5, 0.6) is 11.5 Å². The van der Waals surface area contributed by atoms with E-state index in [0.29, 0.717) is 12.4 Å². The second kappa shape index (κ2) is 14.1. The van der Waals surface area contributed by atoms with E-state index >= 15 is 0 Å². The smallest absolute Gasteiger partial charge is 0.186 e. The van der Waals surface area contributed by atoms with Crippen LogP contribution in [0.4, 0.5) is 0 Å². The molecule has 0 unspecified atom stereocenters. The van der Waals surface area contributed by atoms with Crippen molar-refractivity contribution in [3.8, 4) is 11.5 Å². The highest BCUT2D eigenvalue weighted by Crippen LogP contribution is 2.33. The highest BCUT2D eigenvalue weighted by atomic mass is 16.6. The summed E-state index contributed by atoms with van der Waals surface area (Å²) in [5.74, 6) is 1.56. The first-order chi connectivity index (χ1) is 12.9. The molecule has 0 atom stereocenters. The van der Waals surface area contributed by atoms with Gasteiger partial charge in [-0.25, -0.2) is 0 Å². The van der Waals surface area contributed by atoms with Crippen molar-refractivity contribution in [1.29, 1.82) is 0 Å². The Morgan fingerprint density at radius 1 is 0.704 bits per heavy atom. The van der Waals surface area contributed by atoms with Gasteiger partial charge in [-0.3, -0.25) is 0 Å². The fourth-order valence-corrected chi connectivity index (χ4v) is 2.34. The highest BCUT2D eigenvalue weighted by Gasteiger charge is 2.23. The fourth-order valence-electron chi connectivity index (χ4n) is 2.34. The molecule has 2 aromatic carbocycles. The quantitative estimate of drug-likeness (QED) is 0.684. The van der Waals surface area contributed by atoms with E-state index in [1.807, 2.05) is 43.3 Å². The first kappa shape index (κ1) is 25.0. The van der Waals surface area contributed by atoms with E-state index in [-0.39, 0.29) is 18.8 Å². The minimum absolute atomic E-state index is 0.109. The molecule has 0 aliphatic carbocycles.